The highest BCUT2D eigenvalue weighted by atomic mass is 16.5. The molecule has 98 valence electrons. The summed E-state index contributed by atoms with van der Waals surface area (Å²) in [4.78, 5) is 0. The Balaban J connectivity index is 1.72. The Morgan fingerprint density at radius 2 is 2.22 bits per heavy atom. The minimum atomic E-state index is 0.221. The minimum Gasteiger partial charge on any atom is -0.508 e. The predicted molar refractivity (Wildman–Crippen MR) is 70.6 cm³/mol. The fourth-order valence-corrected chi connectivity index (χ4v) is 3.28. The summed E-state index contributed by atoms with van der Waals surface area (Å²) in [6.45, 7) is 2.15. The van der Waals surface area contributed by atoms with Gasteiger partial charge in [-0.05, 0) is 31.7 Å². The van der Waals surface area contributed by atoms with E-state index in [9.17, 15) is 5.11 Å². The average molecular weight is 247 g/mol. The summed E-state index contributed by atoms with van der Waals surface area (Å²) < 4.78 is 5.87. The summed E-state index contributed by atoms with van der Waals surface area (Å²) in [5.74, 6) is 0.390. The van der Waals surface area contributed by atoms with Gasteiger partial charge >= 0.3 is 0 Å². The van der Waals surface area contributed by atoms with Crippen LogP contribution in [0.3, 0.4) is 0 Å². The van der Waals surface area contributed by atoms with Crippen LogP contribution in [0.1, 0.15) is 44.2 Å². The monoisotopic (exact) mass is 247 g/mol. The molecule has 2 aliphatic heterocycles. The van der Waals surface area contributed by atoms with E-state index in [1.54, 1.807) is 6.07 Å². The van der Waals surface area contributed by atoms with Crippen LogP contribution in [0.4, 0.5) is 0 Å². The molecule has 0 spiro atoms. The third-order valence-electron chi connectivity index (χ3n) is 4.24. The van der Waals surface area contributed by atoms with Gasteiger partial charge in [0.2, 0.25) is 0 Å². The fraction of sp³-hybridized carbons (Fsp3) is 0.600. The van der Waals surface area contributed by atoms with E-state index in [1.807, 2.05) is 18.2 Å². The summed E-state index contributed by atoms with van der Waals surface area (Å²) in [5.41, 5.74) is 1.00. The van der Waals surface area contributed by atoms with E-state index in [1.165, 1.54) is 12.8 Å². The Kier molecular flexibility index (Phi) is 3.27. The van der Waals surface area contributed by atoms with Crippen LogP contribution in [0.15, 0.2) is 24.3 Å². The Hall–Kier alpha value is -1.06. The summed E-state index contributed by atoms with van der Waals surface area (Å²) in [7, 11) is 0. The summed E-state index contributed by atoms with van der Waals surface area (Å²) >= 11 is 0. The van der Waals surface area contributed by atoms with Crippen molar-refractivity contribution in [2.45, 2.75) is 56.9 Å². The van der Waals surface area contributed by atoms with Crippen LogP contribution in [0, 0.1) is 0 Å². The molecule has 3 heteroatoms. The molecule has 2 aliphatic rings. The van der Waals surface area contributed by atoms with Gasteiger partial charge in [-0.1, -0.05) is 25.1 Å². The van der Waals surface area contributed by atoms with E-state index in [4.69, 9.17) is 4.74 Å². The molecule has 0 aromatic heterocycles. The highest BCUT2D eigenvalue weighted by Gasteiger charge is 2.41. The van der Waals surface area contributed by atoms with E-state index in [0.717, 1.165) is 18.4 Å². The van der Waals surface area contributed by atoms with E-state index in [-0.39, 0.29) is 6.04 Å². The van der Waals surface area contributed by atoms with E-state index >= 15 is 0 Å². The zero-order chi connectivity index (χ0) is 12.5. The second-order valence-corrected chi connectivity index (χ2v) is 5.40. The molecule has 3 nitrogen and oxygen atoms in total. The quantitative estimate of drug-likeness (QED) is 0.859. The predicted octanol–water partition coefficient (Wildman–Crippen LogP) is 2.75. The van der Waals surface area contributed by atoms with E-state index in [0.29, 0.717) is 24.0 Å². The van der Waals surface area contributed by atoms with Crippen LogP contribution in [0.5, 0.6) is 5.75 Å². The van der Waals surface area contributed by atoms with Gasteiger partial charge in [-0.2, -0.15) is 0 Å². The van der Waals surface area contributed by atoms with Gasteiger partial charge < -0.3 is 15.2 Å². The van der Waals surface area contributed by atoms with Crippen molar-refractivity contribution >= 4 is 0 Å². The lowest BCUT2D eigenvalue weighted by Crippen LogP contribution is -2.39. The number of fused-ring (bicyclic) bond motifs is 2. The van der Waals surface area contributed by atoms with Gasteiger partial charge in [0.15, 0.2) is 0 Å². The highest BCUT2D eigenvalue weighted by Crippen LogP contribution is 2.36. The van der Waals surface area contributed by atoms with Crippen molar-refractivity contribution in [3.8, 4) is 5.75 Å². The summed E-state index contributed by atoms with van der Waals surface area (Å²) in [6.07, 6.45) is 5.35. The van der Waals surface area contributed by atoms with Crippen molar-refractivity contribution in [1.29, 1.82) is 0 Å². The first kappa shape index (κ1) is 12.0. The third kappa shape index (κ3) is 2.13. The Bertz CT molecular complexity index is 421. The largest absolute Gasteiger partial charge is 0.508 e. The smallest absolute Gasteiger partial charge is 0.120 e. The van der Waals surface area contributed by atoms with Crippen molar-refractivity contribution in [3.05, 3.63) is 29.8 Å². The number of aromatic hydroxyl groups is 1. The molecule has 0 aliphatic carbocycles. The lowest BCUT2D eigenvalue weighted by Gasteiger charge is -2.27. The molecule has 3 rings (SSSR count). The van der Waals surface area contributed by atoms with Gasteiger partial charge in [0.25, 0.3) is 0 Å². The minimum absolute atomic E-state index is 0.221. The van der Waals surface area contributed by atoms with Crippen LogP contribution in [0.25, 0.3) is 0 Å². The zero-order valence-electron chi connectivity index (χ0n) is 10.8. The maximum absolute atomic E-state index is 9.95. The number of hydrogen-bond acceptors (Lipinski definition) is 3. The van der Waals surface area contributed by atoms with Crippen molar-refractivity contribution in [1.82, 2.24) is 5.32 Å². The maximum atomic E-state index is 9.95. The molecule has 18 heavy (non-hydrogen) atoms. The molecule has 2 N–H and O–H groups in total. The normalized spacial score (nSPS) is 31.7. The standard InChI is InChI=1S/C15H21NO2/c1-2-12(11-5-3-4-6-14(11)17)16-13-9-10-7-8-15(13)18-10/h3-6,10,12-13,15-17H,2,7-9H2,1H3. The van der Waals surface area contributed by atoms with Gasteiger partial charge in [0.05, 0.1) is 12.2 Å². The first-order chi connectivity index (χ1) is 8.78. The number of rotatable bonds is 4. The molecule has 2 fully saturated rings. The number of ether oxygens (including phenoxy) is 1. The van der Waals surface area contributed by atoms with Crippen LogP contribution >= 0.6 is 0 Å². The molecule has 2 heterocycles. The fourth-order valence-electron chi connectivity index (χ4n) is 3.28. The lowest BCUT2D eigenvalue weighted by molar-refractivity contribution is 0.0958. The first-order valence-electron chi connectivity index (χ1n) is 6.97. The van der Waals surface area contributed by atoms with Crippen molar-refractivity contribution in [2.24, 2.45) is 0 Å². The molecule has 1 aromatic carbocycles. The summed E-state index contributed by atoms with van der Waals surface area (Å²) in [5, 5.41) is 13.6. The third-order valence-corrected chi connectivity index (χ3v) is 4.24. The Morgan fingerprint density at radius 1 is 1.39 bits per heavy atom. The molecule has 2 bridgehead atoms. The van der Waals surface area contributed by atoms with Crippen molar-refractivity contribution in [2.75, 3.05) is 0 Å². The molecule has 0 saturated carbocycles. The second-order valence-electron chi connectivity index (χ2n) is 5.40. The van der Waals surface area contributed by atoms with Crippen LogP contribution in [-0.2, 0) is 4.74 Å². The Morgan fingerprint density at radius 3 is 2.83 bits per heavy atom. The SMILES string of the molecule is CCC(NC1CC2CCC1O2)c1ccccc1O. The van der Waals surface area contributed by atoms with Crippen LogP contribution in [0.2, 0.25) is 0 Å². The van der Waals surface area contributed by atoms with Crippen LogP contribution < -0.4 is 5.32 Å². The van der Waals surface area contributed by atoms with Crippen molar-refractivity contribution in [3.63, 3.8) is 0 Å². The molecule has 4 atom stereocenters. The molecular formula is C15H21NO2. The number of benzene rings is 1. The number of phenols is 1. The van der Waals surface area contributed by atoms with Crippen LogP contribution in [-0.4, -0.2) is 23.4 Å². The lowest BCUT2D eigenvalue weighted by atomic mass is 9.93. The number of para-hydroxylation sites is 1. The number of hydrogen-bond donors (Lipinski definition) is 2. The second kappa shape index (κ2) is 4.90. The Labute approximate surface area is 108 Å². The first-order valence-corrected chi connectivity index (χ1v) is 6.97. The average Bonchev–Trinajstić information content (AvgIpc) is 2.99. The van der Waals surface area contributed by atoms with Gasteiger partial charge in [-0.25, -0.2) is 0 Å². The highest BCUT2D eigenvalue weighted by molar-refractivity contribution is 5.34. The molecule has 0 amide bonds. The maximum Gasteiger partial charge on any atom is 0.120 e. The van der Waals surface area contributed by atoms with Gasteiger partial charge in [0.1, 0.15) is 5.75 Å². The molecule has 0 radical (unpaired) electrons. The molecular weight excluding hydrogens is 226 g/mol. The molecule has 2 saturated heterocycles. The van der Waals surface area contributed by atoms with E-state index < -0.39 is 0 Å². The van der Waals surface area contributed by atoms with Crippen molar-refractivity contribution < 1.29 is 9.84 Å². The zero-order valence-corrected chi connectivity index (χ0v) is 10.8. The van der Waals surface area contributed by atoms with Gasteiger partial charge in [-0.3, -0.25) is 0 Å². The van der Waals surface area contributed by atoms with E-state index in [2.05, 4.69) is 12.2 Å². The topological polar surface area (TPSA) is 41.5 Å². The molecule has 1 aromatic rings. The number of nitrogens with one attached hydrogen (secondary N) is 1. The van der Waals surface area contributed by atoms with Gasteiger partial charge in [0, 0.05) is 17.6 Å². The van der Waals surface area contributed by atoms with Gasteiger partial charge in [-0.15, -0.1) is 0 Å². The summed E-state index contributed by atoms with van der Waals surface area (Å²) in [6, 6.07) is 8.29. The number of phenolic OH excluding ortho intramolecular Hbond substituents is 1. The molecule has 4 unspecified atom stereocenters.